The Kier molecular flexibility index (Phi) is 7.62. The fraction of sp³-hybridized carbons (Fsp3) is 0.714. The van der Waals surface area contributed by atoms with Crippen LogP contribution < -0.4 is 17.0 Å². The standard InChI is InChI=1S/C14H23N3O2.ClH/c1-16-9-10-17(14(16)11-15-18)12-19-13-7-5-3-2-4-6-8-13;/h9-11,13H,2-8,12H2,1H3;1H. The zero-order valence-electron chi connectivity index (χ0n) is 12.0. The summed E-state index contributed by atoms with van der Waals surface area (Å²) in [6.45, 7) is 0.521. The van der Waals surface area contributed by atoms with Gasteiger partial charge in [-0.2, -0.15) is 0 Å². The van der Waals surface area contributed by atoms with Crippen LogP contribution in [0.25, 0.3) is 0 Å². The molecule has 0 aromatic carbocycles. The lowest BCUT2D eigenvalue weighted by atomic mass is 9.99. The van der Waals surface area contributed by atoms with Crippen molar-refractivity contribution < 1.29 is 26.9 Å². The van der Waals surface area contributed by atoms with E-state index in [-0.39, 0.29) is 12.4 Å². The highest BCUT2D eigenvalue weighted by atomic mass is 35.5. The number of nitrogens with zero attached hydrogens (tertiary/aromatic N) is 3. The summed E-state index contributed by atoms with van der Waals surface area (Å²) in [5.41, 5.74) is 0. The van der Waals surface area contributed by atoms with Crippen LogP contribution in [0.2, 0.25) is 0 Å². The third-order valence-corrected chi connectivity index (χ3v) is 3.80. The van der Waals surface area contributed by atoms with E-state index in [4.69, 9.17) is 9.94 Å². The lowest BCUT2D eigenvalue weighted by Crippen LogP contribution is -3.00. The van der Waals surface area contributed by atoms with Gasteiger partial charge in [0.25, 0.3) is 0 Å². The Morgan fingerprint density at radius 3 is 2.65 bits per heavy atom. The van der Waals surface area contributed by atoms with E-state index in [2.05, 4.69) is 5.16 Å². The van der Waals surface area contributed by atoms with Gasteiger partial charge in [-0.1, -0.05) is 37.3 Å². The Hall–Kier alpha value is -1.07. The molecule has 5 nitrogen and oxygen atoms in total. The smallest absolute Gasteiger partial charge is 0.305 e. The quantitative estimate of drug-likeness (QED) is 0.343. The summed E-state index contributed by atoms with van der Waals surface area (Å²) in [6.07, 6.45) is 14.6. The van der Waals surface area contributed by atoms with Crippen molar-refractivity contribution in [2.24, 2.45) is 12.2 Å². The molecule has 1 aliphatic rings. The van der Waals surface area contributed by atoms with Crippen molar-refractivity contribution in [2.45, 2.75) is 57.8 Å². The summed E-state index contributed by atoms with van der Waals surface area (Å²) < 4.78 is 9.87. The minimum absolute atomic E-state index is 0. The van der Waals surface area contributed by atoms with Crippen LogP contribution in [0.3, 0.4) is 0 Å². The Labute approximate surface area is 126 Å². The molecule has 1 fully saturated rings. The number of ether oxygens (including phenoxy) is 1. The van der Waals surface area contributed by atoms with E-state index in [1.807, 2.05) is 28.6 Å². The summed E-state index contributed by atoms with van der Waals surface area (Å²) >= 11 is 0. The van der Waals surface area contributed by atoms with Crippen LogP contribution in [-0.4, -0.2) is 22.1 Å². The van der Waals surface area contributed by atoms with Gasteiger partial charge in [0, 0.05) is 0 Å². The van der Waals surface area contributed by atoms with E-state index in [0.29, 0.717) is 12.8 Å². The molecular weight excluding hydrogens is 278 g/mol. The molecule has 1 aliphatic carbocycles. The summed E-state index contributed by atoms with van der Waals surface area (Å²) in [5.74, 6) is 0.827. The molecule has 1 heterocycles. The molecule has 2 rings (SSSR count). The zero-order chi connectivity index (χ0) is 13.5. The number of hydrogen-bond donors (Lipinski definition) is 1. The molecule has 114 valence electrons. The molecule has 0 saturated heterocycles. The van der Waals surface area contributed by atoms with Crippen molar-refractivity contribution in [2.75, 3.05) is 0 Å². The van der Waals surface area contributed by atoms with E-state index in [1.165, 1.54) is 38.3 Å². The lowest BCUT2D eigenvalue weighted by molar-refractivity contribution is -0.672. The van der Waals surface area contributed by atoms with Gasteiger partial charge in [-0.3, -0.25) is 0 Å². The van der Waals surface area contributed by atoms with E-state index in [0.717, 1.165) is 18.7 Å². The van der Waals surface area contributed by atoms with Crippen LogP contribution >= 0.6 is 0 Å². The topological polar surface area (TPSA) is 50.6 Å². The van der Waals surface area contributed by atoms with Crippen molar-refractivity contribution in [3.8, 4) is 0 Å². The Balaban J connectivity index is 0.00000200. The van der Waals surface area contributed by atoms with Crippen LogP contribution in [0.15, 0.2) is 17.5 Å². The van der Waals surface area contributed by atoms with Crippen LogP contribution in [0, 0.1) is 0 Å². The van der Waals surface area contributed by atoms with Gasteiger partial charge in [-0.15, -0.1) is 0 Å². The van der Waals surface area contributed by atoms with Crippen molar-refractivity contribution in [3.05, 3.63) is 18.2 Å². The lowest BCUT2D eigenvalue weighted by Gasteiger charge is -2.19. The van der Waals surface area contributed by atoms with Crippen LogP contribution in [0.1, 0.15) is 50.8 Å². The molecule has 1 aromatic heterocycles. The van der Waals surface area contributed by atoms with Crippen molar-refractivity contribution >= 4 is 6.21 Å². The monoisotopic (exact) mass is 301 g/mol. The van der Waals surface area contributed by atoms with E-state index < -0.39 is 0 Å². The Morgan fingerprint density at radius 1 is 1.35 bits per heavy atom. The van der Waals surface area contributed by atoms with E-state index in [9.17, 15) is 0 Å². The highest BCUT2D eigenvalue weighted by Crippen LogP contribution is 2.19. The van der Waals surface area contributed by atoms with Crippen molar-refractivity contribution in [1.82, 2.24) is 4.57 Å². The first-order valence-corrected chi connectivity index (χ1v) is 7.15. The number of imidazole rings is 1. The second-order valence-electron chi connectivity index (χ2n) is 5.24. The summed E-state index contributed by atoms with van der Waals surface area (Å²) in [5, 5.41) is 11.8. The number of hydrogen-bond acceptors (Lipinski definition) is 3. The minimum Gasteiger partial charge on any atom is -1.00 e. The molecule has 0 radical (unpaired) electrons. The zero-order valence-corrected chi connectivity index (χ0v) is 12.8. The highest BCUT2D eigenvalue weighted by Gasteiger charge is 2.16. The maximum atomic E-state index is 8.67. The Morgan fingerprint density at radius 2 is 2.00 bits per heavy atom. The molecule has 0 atom stereocenters. The maximum absolute atomic E-state index is 8.67. The molecule has 1 saturated carbocycles. The Bertz CT molecular complexity index is 413. The molecule has 0 spiro atoms. The molecule has 0 unspecified atom stereocenters. The molecule has 0 aliphatic heterocycles. The third-order valence-electron chi connectivity index (χ3n) is 3.80. The van der Waals surface area contributed by atoms with Gasteiger partial charge in [0.2, 0.25) is 0 Å². The van der Waals surface area contributed by atoms with Gasteiger partial charge in [0.15, 0.2) is 12.9 Å². The molecule has 0 amide bonds. The SMILES string of the molecule is C[n+]1ccn(COC2CCCCCCC2)c1/C=N/O.[Cl-]. The normalized spacial score (nSPS) is 17.6. The van der Waals surface area contributed by atoms with Gasteiger partial charge in [0.05, 0.1) is 13.2 Å². The van der Waals surface area contributed by atoms with E-state index in [1.54, 1.807) is 0 Å². The van der Waals surface area contributed by atoms with Crippen LogP contribution in [0.4, 0.5) is 0 Å². The van der Waals surface area contributed by atoms with Crippen molar-refractivity contribution in [1.29, 1.82) is 0 Å². The fourth-order valence-electron chi connectivity index (χ4n) is 2.63. The summed E-state index contributed by atoms with van der Waals surface area (Å²) in [7, 11) is 1.92. The highest BCUT2D eigenvalue weighted by molar-refractivity contribution is 5.72. The number of aryl methyl sites for hydroxylation is 1. The largest absolute Gasteiger partial charge is 1.00 e. The van der Waals surface area contributed by atoms with Gasteiger partial charge in [0.1, 0.15) is 12.4 Å². The predicted molar refractivity (Wildman–Crippen MR) is 72.2 cm³/mol. The molecule has 0 bridgehead atoms. The molecule has 1 aromatic rings. The van der Waals surface area contributed by atoms with Crippen molar-refractivity contribution in [3.63, 3.8) is 0 Å². The number of halogens is 1. The average molecular weight is 302 g/mol. The van der Waals surface area contributed by atoms with E-state index >= 15 is 0 Å². The third kappa shape index (κ3) is 4.80. The first-order valence-electron chi connectivity index (χ1n) is 7.15. The van der Waals surface area contributed by atoms with Gasteiger partial charge in [-0.05, 0) is 12.8 Å². The number of oxime groups is 1. The molecule has 20 heavy (non-hydrogen) atoms. The van der Waals surface area contributed by atoms with Crippen LogP contribution in [-0.2, 0) is 18.5 Å². The number of rotatable bonds is 4. The predicted octanol–water partition coefficient (Wildman–Crippen LogP) is -0.788. The second-order valence-corrected chi connectivity index (χ2v) is 5.24. The van der Waals surface area contributed by atoms with Gasteiger partial charge in [-0.25, -0.2) is 9.13 Å². The molecule has 6 heteroatoms. The summed E-state index contributed by atoms with van der Waals surface area (Å²) in [6, 6.07) is 0. The maximum Gasteiger partial charge on any atom is 0.305 e. The van der Waals surface area contributed by atoms with Gasteiger partial charge < -0.3 is 22.4 Å². The van der Waals surface area contributed by atoms with Crippen LogP contribution in [0.5, 0.6) is 0 Å². The first-order chi connectivity index (χ1) is 9.31. The average Bonchev–Trinajstić information content (AvgIpc) is 2.70. The second kappa shape index (κ2) is 8.97. The van der Waals surface area contributed by atoms with Gasteiger partial charge >= 0.3 is 5.82 Å². The molecule has 1 N–H and O–H groups in total. The molecular formula is C14H24ClN3O2. The number of aromatic nitrogens is 2. The fourth-order valence-corrected chi connectivity index (χ4v) is 2.63. The first kappa shape index (κ1) is 17.0. The minimum atomic E-state index is 0. The summed E-state index contributed by atoms with van der Waals surface area (Å²) in [4.78, 5) is 0.